The summed E-state index contributed by atoms with van der Waals surface area (Å²) in [5.74, 6) is 0.323. The summed E-state index contributed by atoms with van der Waals surface area (Å²) in [7, 11) is 0. The predicted molar refractivity (Wildman–Crippen MR) is 56.5 cm³/mol. The smallest absolute Gasteiger partial charge is 0.174 e. The maximum atomic E-state index is 11.6. The number of hydrogen-bond acceptors (Lipinski definition) is 3. The largest absolute Gasteiger partial charge is 0.330 e. The van der Waals surface area contributed by atoms with Crippen molar-refractivity contribution in [3.05, 3.63) is 21.3 Å². The molecule has 1 rings (SSSR count). The van der Waals surface area contributed by atoms with Crippen LogP contribution in [-0.2, 0) is 0 Å². The average molecular weight is 218 g/mol. The van der Waals surface area contributed by atoms with Gasteiger partial charge in [-0.05, 0) is 23.9 Å². The fourth-order valence-corrected chi connectivity index (χ4v) is 2.10. The summed E-state index contributed by atoms with van der Waals surface area (Å²) in [5.41, 5.74) is 5.43. The maximum absolute atomic E-state index is 11.6. The monoisotopic (exact) mass is 217 g/mol. The Kier molecular flexibility index (Phi) is 3.90. The van der Waals surface area contributed by atoms with E-state index in [9.17, 15) is 4.79 Å². The fraction of sp³-hybridized carbons (Fsp3) is 0.444. The normalized spacial score (nSPS) is 12.8. The van der Waals surface area contributed by atoms with E-state index in [1.165, 1.54) is 11.3 Å². The molecule has 1 aromatic rings. The highest BCUT2D eigenvalue weighted by Gasteiger charge is 2.14. The topological polar surface area (TPSA) is 43.1 Å². The molecule has 1 unspecified atom stereocenters. The fourth-order valence-electron chi connectivity index (χ4n) is 0.985. The molecule has 1 aromatic heterocycles. The summed E-state index contributed by atoms with van der Waals surface area (Å²) < 4.78 is 0. The SMILES string of the molecule is CC(CN)CC(=O)c1sccc1Cl. The van der Waals surface area contributed by atoms with Crippen molar-refractivity contribution in [3.63, 3.8) is 0 Å². The molecule has 0 bridgehead atoms. The van der Waals surface area contributed by atoms with Crippen LogP contribution in [0.25, 0.3) is 0 Å². The van der Waals surface area contributed by atoms with Gasteiger partial charge in [-0.2, -0.15) is 0 Å². The van der Waals surface area contributed by atoms with Crippen LogP contribution in [0.4, 0.5) is 0 Å². The molecule has 0 aliphatic rings. The van der Waals surface area contributed by atoms with Gasteiger partial charge in [-0.3, -0.25) is 4.79 Å². The van der Waals surface area contributed by atoms with Gasteiger partial charge in [0.1, 0.15) is 0 Å². The van der Waals surface area contributed by atoms with Crippen LogP contribution in [0.1, 0.15) is 23.0 Å². The molecule has 0 saturated heterocycles. The number of hydrogen-bond donors (Lipinski definition) is 1. The third-order valence-electron chi connectivity index (χ3n) is 1.81. The molecule has 1 atom stereocenters. The van der Waals surface area contributed by atoms with Gasteiger partial charge in [-0.1, -0.05) is 18.5 Å². The maximum Gasteiger partial charge on any atom is 0.174 e. The Morgan fingerprint density at radius 3 is 2.92 bits per heavy atom. The summed E-state index contributed by atoms with van der Waals surface area (Å²) in [6, 6.07) is 1.74. The second-order valence-corrected chi connectivity index (χ2v) is 4.39. The Hall–Kier alpha value is -0.380. The van der Waals surface area contributed by atoms with E-state index in [4.69, 9.17) is 17.3 Å². The zero-order valence-electron chi connectivity index (χ0n) is 7.42. The van der Waals surface area contributed by atoms with Crippen LogP contribution < -0.4 is 5.73 Å². The van der Waals surface area contributed by atoms with Crippen molar-refractivity contribution in [2.45, 2.75) is 13.3 Å². The molecular weight excluding hydrogens is 206 g/mol. The number of nitrogens with two attached hydrogens (primary N) is 1. The van der Waals surface area contributed by atoms with Gasteiger partial charge in [0.25, 0.3) is 0 Å². The predicted octanol–water partition coefficient (Wildman–Crippen LogP) is 2.57. The van der Waals surface area contributed by atoms with Crippen molar-refractivity contribution in [1.29, 1.82) is 0 Å². The van der Waals surface area contributed by atoms with Crippen LogP contribution >= 0.6 is 22.9 Å². The number of rotatable bonds is 4. The van der Waals surface area contributed by atoms with Crippen molar-refractivity contribution >= 4 is 28.7 Å². The molecule has 0 spiro atoms. The van der Waals surface area contributed by atoms with Gasteiger partial charge in [-0.25, -0.2) is 0 Å². The molecule has 0 amide bonds. The van der Waals surface area contributed by atoms with Crippen LogP contribution in [0, 0.1) is 5.92 Å². The third-order valence-corrected chi connectivity index (χ3v) is 3.19. The Labute approximate surface area is 86.7 Å². The summed E-state index contributed by atoms with van der Waals surface area (Å²) >= 11 is 7.21. The van der Waals surface area contributed by atoms with Crippen molar-refractivity contribution in [2.24, 2.45) is 11.7 Å². The molecule has 0 radical (unpaired) electrons. The van der Waals surface area contributed by atoms with Crippen LogP contribution in [-0.4, -0.2) is 12.3 Å². The van der Waals surface area contributed by atoms with E-state index in [2.05, 4.69) is 0 Å². The van der Waals surface area contributed by atoms with E-state index in [0.717, 1.165) is 0 Å². The van der Waals surface area contributed by atoms with E-state index in [1.54, 1.807) is 6.07 Å². The first-order valence-electron chi connectivity index (χ1n) is 4.11. The zero-order valence-corrected chi connectivity index (χ0v) is 8.99. The molecule has 13 heavy (non-hydrogen) atoms. The first kappa shape index (κ1) is 10.7. The summed E-state index contributed by atoms with van der Waals surface area (Å²) in [4.78, 5) is 12.2. The molecule has 0 fully saturated rings. The van der Waals surface area contributed by atoms with Gasteiger partial charge < -0.3 is 5.73 Å². The Morgan fingerprint density at radius 1 is 1.77 bits per heavy atom. The van der Waals surface area contributed by atoms with Crippen LogP contribution in [0.5, 0.6) is 0 Å². The van der Waals surface area contributed by atoms with Gasteiger partial charge in [0.05, 0.1) is 9.90 Å². The average Bonchev–Trinajstić information content (AvgIpc) is 2.51. The first-order chi connectivity index (χ1) is 6.15. The van der Waals surface area contributed by atoms with Gasteiger partial charge in [0.15, 0.2) is 5.78 Å². The quantitative estimate of drug-likeness (QED) is 0.788. The van der Waals surface area contributed by atoms with Crippen molar-refractivity contribution in [3.8, 4) is 0 Å². The molecule has 1 heterocycles. The molecule has 2 N–H and O–H groups in total. The minimum absolute atomic E-state index is 0.0953. The highest BCUT2D eigenvalue weighted by atomic mass is 35.5. The van der Waals surface area contributed by atoms with Crippen molar-refractivity contribution in [1.82, 2.24) is 0 Å². The summed E-state index contributed by atoms with van der Waals surface area (Å²) in [5, 5.41) is 2.38. The number of halogens is 1. The van der Waals surface area contributed by atoms with E-state index < -0.39 is 0 Å². The first-order valence-corrected chi connectivity index (χ1v) is 5.37. The van der Waals surface area contributed by atoms with E-state index >= 15 is 0 Å². The van der Waals surface area contributed by atoms with Crippen LogP contribution in [0.15, 0.2) is 11.4 Å². The Bertz CT molecular complexity index is 298. The lowest BCUT2D eigenvalue weighted by molar-refractivity contribution is 0.0970. The lowest BCUT2D eigenvalue weighted by atomic mass is 10.0. The summed E-state index contributed by atoms with van der Waals surface area (Å²) in [6.45, 7) is 2.49. The number of carbonyl (C=O) groups excluding carboxylic acids is 1. The van der Waals surface area contributed by atoms with Crippen molar-refractivity contribution in [2.75, 3.05) is 6.54 Å². The van der Waals surface area contributed by atoms with Gasteiger partial charge >= 0.3 is 0 Å². The van der Waals surface area contributed by atoms with Gasteiger partial charge in [-0.15, -0.1) is 11.3 Å². The van der Waals surface area contributed by atoms with Gasteiger partial charge in [0.2, 0.25) is 0 Å². The number of thiophene rings is 1. The molecular formula is C9H12ClNOS. The highest BCUT2D eigenvalue weighted by molar-refractivity contribution is 7.12. The number of carbonyl (C=O) groups is 1. The van der Waals surface area contributed by atoms with Crippen molar-refractivity contribution < 1.29 is 4.79 Å². The lowest BCUT2D eigenvalue weighted by Crippen LogP contribution is -2.14. The minimum Gasteiger partial charge on any atom is -0.330 e. The standard InChI is InChI=1S/C9H12ClNOS/c1-6(5-11)4-8(12)9-7(10)2-3-13-9/h2-3,6H,4-5,11H2,1H3. The third kappa shape index (κ3) is 2.79. The molecule has 0 saturated carbocycles. The molecule has 2 nitrogen and oxygen atoms in total. The Balaban J connectivity index is 2.64. The molecule has 0 aromatic carbocycles. The molecule has 72 valence electrons. The second-order valence-electron chi connectivity index (χ2n) is 3.07. The second kappa shape index (κ2) is 4.74. The minimum atomic E-state index is 0.0953. The van der Waals surface area contributed by atoms with Crippen LogP contribution in [0.3, 0.4) is 0 Å². The highest BCUT2D eigenvalue weighted by Crippen LogP contribution is 2.24. The van der Waals surface area contributed by atoms with E-state index in [-0.39, 0.29) is 11.7 Å². The van der Waals surface area contributed by atoms with E-state index in [1.807, 2.05) is 12.3 Å². The molecule has 0 aliphatic carbocycles. The van der Waals surface area contributed by atoms with E-state index in [0.29, 0.717) is 22.9 Å². The zero-order chi connectivity index (χ0) is 9.84. The Morgan fingerprint density at radius 2 is 2.46 bits per heavy atom. The number of Topliss-reactive ketones (excluding diaryl/α,β-unsaturated/α-hetero) is 1. The summed E-state index contributed by atoms with van der Waals surface area (Å²) in [6.07, 6.45) is 0.483. The molecule has 0 aliphatic heterocycles. The molecule has 4 heteroatoms. The lowest BCUT2D eigenvalue weighted by Gasteiger charge is -2.05. The number of ketones is 1. The van der Waals surface area contributed by atoms with Gasteiger partial charge in [0, 0.05) is 6.42 Å². The van der Waals surface area contributed by atoms with Crippen LogP contribution in [0.2, 0.25) is 5.02 Å².